The van der Waals surface area contributed by atoms with Gasteiger partial charge in [0.25, 0.3) is 0 Å². The topological polar surface area (TPSA) is 79.3 Å². The minimum atomic E-state index is -0.875. The van der Waals surface area contributed by atoms with E-state index >= 15 is 0 Å². The van der Waals surface area contributed by atoms with Crippen LogP contribution in [-0.4, -0.2) is 22.0 Å². The second kappa shape index (κ2) is 5.38. The number of rotatable bonds is 4. The summed E-state index contributed by atoms with van der Waals surface area (Å²) in [5.41, 5.74) is 0.686. The highest BCUT2D eigenvalue weighted by molar-refractivity contribution is 5.94. The normalized spacial score (nSPS) is 17.1. The number of hydrogen-bond acceptors (Lipinski definition) is 3. The molecule has 2 rings (SSSR count). The van der Waals surface area contributed by atoms with Crippen molar-refractivity contribution in [1.29, 1.82) is 0 Å². The summed E-state index contributed by atoms with van der Waals surface area (Å²) in [5.74, 6) is -1.11. The Morgan fingerprint density at radius 1 is 1.42 bits per heavy atom. The summed E-state index contributed by atoms with van der Waals surface area (Å²) in [7, 11) is 0. The molecule has 19 heavy (non-hydrogen) atoms. The Labute approximate surface area is 112 Å². The Kier molecular flexibility index (Phi) is 3.83. The van der Waals surface area contributed by atoms with Crippen molar-refractivity contribution in [2.24, 2.45) is 5.41 Å². The first kappa shape index (κ1) is 13.5. The molecule has 1 aliphatic carbocycles. The molecular formula is C14H18N2O3. The van der Waals surface area contributed by atoms with Gasteiger partial charge < -0.3 is 10.4 Å². The summed E-state index contributed by atoms with van der Waals surface area (Å²) in [6.07, 6.45) is 6.20. The van der Waals surface area contributed by atoms with Crippen LogP contribution in [0.5, 0.6) is 0 Å². The number of aromatic nitrogens is 1. The smallest absolute Gasteiger partial charge is 0.310 e. The molecule has 1 amide bonds. The fourth-order valence-electron chi connectivity index (χ4n) is 2.61. The summed E-state index contributed by atoms with van der Waals surface area (Å²) in [6, 6.07) is 1.80. The van der Waals surface area contributed by atoms with Gasteiger partial charge in [0.05, 0.1) is 17.3 Å². The average Bonchev–Trinajstić information content (AvgIpc) is 2.82. The number of nitrogens with one attached hydrogen (secondary N) is 1. The molecule has 0 saturated heterocycles. The van der Waals surface area contributed by atoms with Crippen molar-refractivity contribution in [3.05, 3.63) is 24.0 Å². The van der Waals surface area contributed by atoms with Crippen molar-refractivity contribution in [3.8, 4) is 0 Å². The lowest BCUT2D eigenvalue weighted by Crippen LogP contribution is -2.32. The monoisotopic (exact) mass is 262 g/mol. The van der Waals surface area contributed by atoms with E-state index in [1.54, 1.807) is 18.5 Å². The van der Waals surface area contributed by atoms with Crippen molar-refractivity contribution in [2.45, 2.75) is 39.0 Å². The van der Waals surface area contributed by atoms with Gasteiger partial charge in [-0.3, -0.25) is 14.6 Å². The van der Waals surface area contributed by atoms with E-state index in [2.05, 4.69) is 10.3 Å². The molecule has 0 atom stereocenters. The molecule has 0 spiro atoms. The van der Waals surface area contributed by atoms with E-state index in [9.17, 15) is 14.7 Å². The summed E-state index contributed by atoms with van der Waals surface area (Å²) < 4.78 is 0. The van der Waals surface area contributed by atoms with Crippen LogP contribution in [0.4, 0.5) is 5.69 Å². The van der Waals surface area contributed by atoms with Crippen LogP contribution in [0.1, 0.15) is 37.7 Å². The summed E-state index contributed by atoms with van der Waals surface area (Å²) in [6.45, 7) is 1.87. The van der Waals surface area contributed by atoms with Gasteiger partial charge in [0.1, 0.15) is 0 Å². The van der Waals surface area contributed by atoms with E-state index in [0.29, 0.717) is 18.5 Å². The number of hydrogen-bond donors (Lipinski definition) is 2. The molecule has 2 N–H and O–H groups in total. The van der Waals surface area contributed by atoms with Crippen molar-refractivity contribution in [1.82, 2.24) is 4.98 Å². The first-order chi connectivity index (χ1) is 9.03. The SMILES string of the molecule is Cc1ccncc1NC(=O)CC1(C(=O)O)CCCC1. The van der Waals surface area contributed by atoms with E-state index in [1.807, 2.05) is 6.92 Å². The number of pyridine rings is 1. The van der Waals surface area contributed by atoms with E-state index in [-0.39, 0.29) is 12.3 Å². The molecule has 1 saturated carbocycles. The molecule has 1 aromatic heterocycles. The minimum Gasteiger partial charge on any atom is -0.481 e. The third-order valence-corrected chi connectivity index (χ3v) is 3.83. The average molecular weight is 262 g/mol. The van der Waals surface area contributed by atoms with Gasteiger partial charge in [0.15, 0.2) is 0 Å². The number of aryl methyl sites for hydroxylation is 1. The van der Waals surface area contributed by atoms with Crippen LogP contribution in [-0.2, 0) is 9.59 Å². The molecule has 0 radical (unpaired) electrons. The Hall–Kier alpha value is -1.91. The van der Waals surface area contributed by atoms with Crippen LogP contribution < -0.4 is 5.32 Å². The largest absolute Gasteiger partial charge is 0.481 e. The second-order valence-electron chi connectivity index (χ2n) is 5.21. The summed E-state index contributed by atoms with van der Waals surface area (Å²) >= 11 is 0. The molecule has 0 aliphatic heterocycles. The Bertz CT molecular complexity index is 493. The molecule has 1 fully saturated rings. The van der Waals surface area contributed by atoms with Crippen molar-refractivity contribution in [3.63, 3.8) is 0 Å². The van der Waals surface area contributed by atoms with Crippen LogP contribution in [0.3, 0.4) is 0 Å². The van der Waals surface area contributed by atoms with Crippen molar-refractivity contribution in [2.75, 3.05) is 5.32 Å². The van der Waals surface area contributed by atoms with E-state index in [4.69, 9.17) is 0 Å². The summed E-state index contributed by atoms with van der Waals surface area (Å²) in [5, 5.41) is 12.1. The first-order valence-corrected chi connectivity index (χ1v) is 6.47. The molecule has 5 heteroatoms. The Balaban J connectivity index is 2.05. The minimum absolute atomic E-state index is 0.0384. The van der Waals surface area contributed by atoms with Gasteiger partial charge in [-0.2, -0.15) is 0 Å². The van der Waals surface area contributed by atoms with E-state index in [0.717, 1.165) is 18.4 Å². The molecule has 5 nitrogen and oxygen atoms in total. The lowest BCUT2D eigenvalue weighted by atomic mass is 9.82. The van der Waals surface area contributed by atoms with Crippen LogP contribution in [0.2, 0.25) is 0 Å². The number of carboxylic acid groups (broad SMARTS) is 1. The maximum Gasteiger partial charge on any atom is 0.310 e. The van der Waals surface area contributed by atoms with Gasteiger partial charge in [-0.05, 0) is 31.4 Å². The zero-order valence-electron chi connectivity index (χ0n) is 11.0. The standard InChI is InChI=1S/C14H18N2O3/c1-10-4-7-15-9-11(10)16-12(17)8-14(13(18)19)5-2-3-6-14/h4,7,9H,2-3,5-6,8H2,1H3,(H,16,17)(H,18,19). The number of carbonyl (C=O) groups excluding carboxylic acids is 1. The highest BCUT2D eigenvalue weighted by Crippen LogP contribution is 2.41. The van der Waals surface area contributed by atoms with Gasteiger partial charge in [-0.1, -0.05) is 12.8 Å². The Morgan fingerprint density at radius 2 is 2.11 bits per heavy atom. The van der Waals surface area contributed by atoms with Crippen molar-refractivity contribution < 1.29 is 14.7 Å². The van der Waals surface area contributed by atoms with Gasteiger partial charge >= 0.3 is 5.97 Å². The van der Waals surface area contributed by atoms with Crippen LogP contribution in [0.15, 0.2) is 18.5 Å². The number of nitrogens with zero attached hydrogens (tertiary/aromatic N) is 1. The van der Waals surface area contributed by atoms with Crippen LogP contribution >= 0.6 is 0 Å². The molecule has 0 unspecified atom stereocenters. The van der Waals surface area contributed by atoms with Gasteiger partial charge in [0, 0.05) is 12.6 Å². The number of carboxylic acids is 1. The van der Waals surface area contributed by atoms with Crippen LogP contribution in [0.25, 0.3) is 0 Å². The van der Waals surface area contributed by atoms with Crippen molar-refractivity contribution >= 4 is 17.6 Å². The van der Waals surface area contributed by atoms with E-state index < -0.39 is 11.4 Å². The van der Waals surface area contributed by atoms with Gasteiger partial charge in [0.2, 0.25) is 5.91 Å². The predicted molar refractivity (Wildman–Crippen MR) is 70.8 cm³/mol. The first-order valence-electron chi connectivity index (χ1n) is 6.47. The maximum atomic E-state index is 12.0. The second-order valence-corrected chi connectivity index (χ2v) is 5.21. The fourth-order valence-corrected chi connectivity index (χ4v) is 2.61. The predicted octanol–water partition coefficient (Wildman–Crippen LogP) is 2.36. The van der Waals surface area contributed by atoms with Gasteiger partial charge in [-0.15, -0.1) is 0 Å². The summed E-state index contributed by atoms with van der Waals surface area (Å²) in [4.78, 5) is 27.4. The lowest BCUT2D eigenvalue weighted by Gasteiger charge is -2.23. The van der Waals surface area contributed by atoms with E-state index in [1.165, 1.54) is 0 Å². The zero-order valence-corrected chi connectivity index (χ0v) is 11.0. The molecule has 102 valence electrons. The maximum absolute atomic E-state index is 12.0. The zero-order chi connectivity index (χ0) is 13.9. The Morgan fingerprint density at radius 3 is 2.68 bits per heavy atom. The molecule has 0 bridgehead atoms. The number of anilines is 1. The number of aliphatic carboxylic acids is 1. The van der Waals surface area contributed by atoms with Crippen LogP contribution in [0, 0.1) is 12.3 Å². The number of amides is 1. The highest BCUT2D eigenvalue weighted by Gasteiger charge is 2.42. The highest BCUT2D eigenvalue weighted by atomic mass is 16.4. The molecule has 1 aliphatic rings. The molecule has 0 aromatic carbocycles. The van der Waals surface area contributed by atoms with Gasteiger partial charge in [-0.25, -0.2) is 0 Å². The fraction of sp³-hybridized carbons (Fsp3) is 0.500. The molecule has 1 heterocycles. The third kappa shape index (κ3) is 2.92. The number of carbonyl (C=O) groups is 2. The lowest BCUT2D eigenvalue weighted by molar-refractivity contribution is -0.150. The third-order valence-electron chi connectivity index (χ3n) is 3.83. The molecular weight excluding hydrogens is 244 g/mol. The molecule has 1 aromatic rings. The quantitative estimate of drug-likeness (QED) is 0.873.